The van der Waals surface area contributed by atoms with E-state index in [2.05, 4.69) is 9.97 Å². The molecule has 1 aliphatic rings. The highest BCUT2D eigenvalue weighted by Gasteiger charge is 2.47. The van der Waals surface area contributed by atoms with Crippen LogP contribution in [0.5, 0.6) is 0 Å². The number of carbonyl (C=O) groups is 1. The summed E-state index contributed by atoms with van der Waals surface area (Å²) in [6, 6.07) is 0. The Kier molecular flexibility index (Phi) is 1.16. The van der Waals surface area contributed by atoms with Crippen LogP contribution in [0.4, 0.5) is 0 Å². The number of aromatic amines is 1. The minimum atomic E-state index is -0.218. The van der Waals surface area contributed by atoms with Gasteiger partial charge in [-0.1, -0.05) is 0 Å². The summed E-state index contributed by atoms with van der Waals surface area (Å²) in [5, 5.41) is 0. The van der Waals surface area contributed by atoms with E-state index in [0.29, 0.717) is 0 Å². The molecule has 0 atom stereocenters. The van der Waals surface area contributed by atoms with Crippen LogP contribution in [-0.4, -0.2) is 16.3 Å². The number of rotatable bonds is 2. The van der Waals surface area contributed by atoms with Crippen molar-refractivity contribution in [1.82, 2.24) is 9.97 Å². The Morgan fingerprint density at radius 1 is 1.73 bits per heavy atom. The second-order valence-electron chi connectivity index (χ2n) is 3.15. The van der Waals surface area contributed by atoms with Crippen LogP contribution in [0.25, 0.3) is 0 Å². The third-order valence-corrected chi connectivity index (χ3v) is 2.32. The number of aromatic nitrogens is 2. The first kappa shape index (κ1) is 6.58. The molecule has 3 nitrogen and oxygen atoms in total. The first-order valence-electron chi connectivity index (χ1n) is 3.75. The summed E-state index contributed by atoms with van der Waals surface area (Å²) in [6.07, 6.45) is 4.59. The molecule has 2 rings (SSSR count). The number of aldehydes is 1. The fourth-order valence-electron chi connectivity index (χ4n) is 1.41. The van der Waals surface area contributed by atoms with Gasteiger partial charge >= 0.3 is 0 Å². The van der Waals surface area contributed by atoms with Gasteiger partial charge in [-0.25, -0.2) is 4.98 Å². The standard InChI is InChI=1S/C8H10N2O/c1-6-7(10-5-9-6)8(4-11)2-3-8/h4-5H,2-3H2,1H3,(H,9,10). The van der Waals surface area contributed by atoms with Crippen molar-refractivity contribution in [1.29, 1.82) is 0 Å². The van der Waals surface area contributed by atoms with Crippen LogP contribution in [0.3, 0.4) is 0 Å². The van der Waals surface area contributed by atoms with E-state index < -0.39 is 0 Å². The number of H-pyrrole nitrogens is 1. The van der Waals surface area contributed by atoms with E-state index in [0.717, 1.165) is 30.5 Å². The molecule has 1 fully saturated rings. The third kappa shape index (κ3) is 0.803. The van der Waals surface area contributed by atoms with E-state index in [4.69, 9.17) is 0 Å². The lowest BCUT2D eigenvalue weighted by atomic mass is 10.0. The Hall–Kier alpha value is -1.12. The molecule has 0 radical (unpaired) electrons. The van der Waals surface area contributed by atoms with Crippen LogP contribution in [-0.2, 0) is 10.2 Å². The molecule has 1 aliphatic carbocycles. The van der Waals surface area contributed by atoms with Crippen LogP contribution < -0.4 is 0 Å². The number of hydrogen-bond acceptors (Lipinski definition) is 2. The second-order valence-corrected chi connectivity index (χ2v) is 3.15. The van der Waals surface area contributed by atoms with E-state index >= 15 is 0 Å². The SMILES string of the molecule is Cc1[nH]cnc1C1(C=O)CC1. The van der Waals surface area contributed by atoms with E-state index in [1.807, 2.05) is 6.92 Å². The summed E-state index contributed by atoms with van der Waals surface area (Å²) in [7, 11) is 0. The van der Waals surface area contributed by atoms with Gasteiger partial charge in [0.25, 0.3) is 0 Å². The van der Waals surface area contributed by atoms with Gasteiger partial charge in [0.15, 0.2) is 0 Å². The van der Waals surface area contributed by atoms with Crippen LogP contribution in [0.1, 0.15) is 24.2 Å². The van der Waals surface area contributed by atoms with Gasteiger partial charge < -0.3 is 9.78 Å². The maximum Gasteiger partial charge on any atom is 0.132 e. The first-order valence-corrected chi connectivity index (χ1v) is 3.75. The summed E-state index contributed by atoms with van der Waals surface area (Å²) in [4.78, 5) is 17.8. The number of imidazole rings is 1. The lowest BCUT2D eigenvalue weighted by molar-refractivity contribution is -0.110. The number of aryl methyl sites for hydroxylation is 1. The smallest absolute Gasteiger partial charge is 0.132 e. The summed E-state index contributed by atoms with van der Waals surface area (Å²) in [5.74, 6) is 0. The van der Waals surface area contributed by atoms with E-state index in [1.54, 1.807) is 6.33 Å². The topological polar surface area (TPSA) is 45.8 Å². The Balaban J connectivity index is 2.43. The van der Waals surface area contributed by atoms with E-state index in [9.17, 15) is 4.79 Å². The molecule has 1 aromatic heterocycles. The number of nitrogens with one attached hydrogen (secondary N) is 1. The van der Waals surface area contributed by atoms with Gasteiger partial charge in [-0.2, -0.15) is 0 Å². The van der Waals surface area contributed by atoms with Crippen molar-refractivity contribution in [3.05, 3.63) is 17.7 Å². The van der Waals surface area contributed by atoms with Gasteiger partial charge in [-0.15, -0.1) is 0 Å². The highest BCUT2D eigenvalue weighted by molar-refractivity contribution is 5.72. The maximum absolute atomic E-state index is 10.7. The molecule has 58 valence electrons. The fourth-order valence-corrected chi connectivity index (χ4v) is 1.41. The minimum Gasteiger partial charge on any atom is -0.348 e. The molecular formula is C8H10N2O. The van der Waals surface area contributed by atoms with Crippen LogP contribution in [0.15, 0.2) is 6.33 Å². The predicted molar refractivity (Wildman–Crippen MR) is 40.3 cm³/mol. The zero-order chi connectivity index (χ0) is 7.90. The van der Waals surface area contributed by atoms with Gasteiger partial charge in [-0.3, -0.25) is 0 Å². The Labute approximate surface area is 64.8 Å². The molecule has 0 saturated heterocycles. The van der Waals surface area contributed by atoms with Crippen molar-refractivity contribution < 1.29 is 4.79 Å². The Morgan fingerprint density at radius 2 is 2.45 bits per heavy atom. The van der Waals surface area contributed by atoms with E-state index in [1.165, 1.54) is 0 Å². The molecular weight excluding hydrogens is 140 g/mol. The van der Waals surface area contributed by atoms with Gasteiger partial charge in [0.1, 0.15) is 6.29 Å². The first-order chi connectivity index (χ1) is 5.28. The Bertz CT molecular complexity index is 286. The quantitative estimate of drug-likeness (QED) is 0.638. The molecule has 1 N–H and O–H groups in total. The van der Waals surface area contributed by atoms with Crippen LogP contribution >= 0.6 is 0 Å². The average molecular weight is 150 g/mol. The Morgan fingerprint density at radius 3 is 2.82 bits per heavy atom. The lowest BCUT2D eigenvalue weighted by Crippen LogP contribution is -2.09. The normalized spacial score (nSPS) is 19.7. The largest absolute Gasteiger partial charge is 0.348 e. The fraction of sp³-hybridized carbons (Fsp3) is 0.500. The third-order valence-electron chi connectivity index (χ3n) is 2.32. The van der Waals surface area contributed by atoms with Crippen molar-refractivity contribution in [3.63, 3.8) is 0 Å². The zero-order valence-electron chi connectivity index (χ0n) is 6.42. The van der Waals surface area contributed by atoms with Crippen molar-refractivity contribution >= 4 is 6.29 Å². The number of hydrogen-bond donors (Lipinski definition) is 1. The molecule has 3 heteroatoms. The zero-order valence-corrected chi connectivity index (χ0v) is 6.42. The van der Waals surface area contributed by atoms with Gasteiger partial charge in [0.05, 0.1) is 17.4 Å². The van der Waals surface area contributed by atoms with Crippen LogP contribution in [0, 0.1) is 6.92 Å². The van der Waals surface area contributed by atoms with E-state index in [-0.39, 0.29) is 5.41 Å². The average Bonchev–Trinajstić information content (AvgIpc) is 2.70. The number of carbonyl (C=O) groups excluding carboxylic acids is 1. The van der Waals surface area contributed by atoms with Gasteiger partial charge in [0.2, 0.25) is 0 Å². The molecule has 0 spiro atoms. The molecule has 1 aromatic rings. The minimum absolute atomic E-state index is 0.218. The van der Waals surface area contributed by atoms with Crippen molar-refractivity contribution in [2.75, 3.05) is 0 Å². The van der Waals surface area contributed by atoms with Crippen LogP contribution in [0.2, 0.25) is 0 Å². The van der Waals surface area contributed by atoms with Crippen molar-refractivity contribution in [3.8, 4) is 0 Å². The molecule has 0 bridgehead atoms. The molecule has 11 heavy (non-hydrogen) atoms. The molecule has 0 unspecified atom stereocenters. The molecule has 0 amide bonds. The summed E-state index contributed by atoms with van der Waals surface area (Å²) < 4.78 is 0. The van der Waals surface area contributed by atoms with Gasteiger partial charge in [-0.05, 0) is 19.8 Å². The highest BCUT2D eigenvalue weighted by atomic mass is 16.1. The number of nitrogens with zero attached hydrogens (tertiary/aromatic N) is 1. The monoisotopic (exact) mass is 150 g/mol. The summed E-state index contributed by atoms with van der Waals surface area (Å²) in [5.41, 5.74) is 1.74. The summed E-state index contributed by atoms with van der Waals surface area (Å²) in [6.45, 7) is 1.95. The van der Waals surface area contributed by atoms with Crippen molar-refractivity contribution in [2.24, 2.45) is 0 Å². The predicted octanol–water partition coefficient (Wildman–Crippen LogP) is 0.949. The molecule has 0 aromatic carbocycles. The van der Waals surface area contributed by atoms with Crippen molar-refractivity contribution in [2.45, 2.75) is 25.2 Å². The van der Waals surface area contributed by atoms with Gasteiger partial charge in [0, 0.05) is 5.69 Å². The molecule has 0 aliphatic heterocycles. The second kappa shape index (κ2) is 1.94. The summed E-state index contributed by atoms with van der Waals surface area (Å²) >= 11 is 0. The maximum atomic E-state index is 10.7. The molecule has 1 saturated carbocycles. The lowest BCUT2D eigenvalue weighted by Gasteiger charge is -2.02. The molecule has 1 heterocycles. The highest BCUT2D eigenvalue weighted by Crippen LogP contribution is 2.46.